The zero-order valence-electron chi connectivity index (χ0n) is 5.74. The highest BCUT2D eigenvalue weighted by Gasteiger charge is 1.98. The minimum absolute atomic E-state index is 0.178. The van der Waals surface area contributed by atoms with E-state index in [-0.39, 0.29) is 5.28 Å². The Morgan fingerprint density at radius 3 is 2.55 bits per heavy atom. The van der Waals surface area contributed by atoms with E-state index in [1.165, 1.54) is 18.6 Å². The average molecular weight is 192 g/mol. The van der Waals surface area contributed by atoms with Crippen LogP contribution >= 0.6 is 11.6 Å². The predicted molar refractivity (Wildman–Crippen MR) is 44.7 cm³/mol. The normalized spacial score (nSPS) is 12.6. The molecular weight excluding hydrogens is 186 g/mol. The number of rotatable bonds is 2. The number of anilines is 1. The average Bonchev–Trinajstić information content (AvgIpc) is 1.93. The first-order valence-electron chi connectivity index (χ1n) is 2.76. The summed E-state index contributed by atoms with van der Waals surface area (Å²) in [6.45, 7) is 0. The lowest BCUT2D eigenvalue weighted by atomic mass is 10.6. The Kier molecular flexibility index (Phi) is 2.92. The van der Waals surface area contributed by atoms with Gasteiger partial charge in [-0.15, -0.1) is 0 Å². The standard InChI is InChI=1S/C5H6ClN3OS/c1-11(10)9-4-2-7-5(6)8-3-4/h2-3,9H,1H3. The number of aromatic nitrogens is 2. The fourth-order valence-corrected chi connectivity index (χ4v) is 1.07. The van der Waals surface area contributed by atoms with Gasteiger partial charge in [-0.2, -0.15) is 0 Å². The van der Waals surface area contributed by atoms with Gasteiger partial charge >= 0.3 is 0 Å². The molecule has 0 spiro atoms. The molecule has 0 aromatic carbocycles. The van der Waals surface area contributed by atoms with E-state index in [1.54, 1.807) is 0 Å². The van der Waals surface area contributed by atoms with Gasteiger partial charge in [0, 0.05) is 0 Å². The van der Waals surface area contributed by atoms with E-state index in [2.05, 4.69) is 14.7 Å². The Labute approximate surface area is 72.3 Å². The summed E-state index contributed by atoms with van der Waals surface area (Å²) in [6, 6.07) is 0. The van der Waals surface area contributed by atoms with Crippen molar-refractivity contribution in [1.82, 2.24) is 9.97 Å². The lowest BCUT2D eigenvalue weighted by Crippen LogP contribution is -2.09. The van der Waals surface area contributed by atoms with Crippen molar-refractivity contribution in [3.05, 3.63) is 17.7 Å². The third-order valence-electron chi connectivity index (χ3n) is 0.882. The maximum Gasteiger partial charge on any atom is 0.222 e. The molecular formula is C5H6ClN3OS. The molecule has 1 aromatic heterocycles. The highest BCUT2D eigenvalue weighted by atomic mass is 35.5. The minimum atomic E-state index is -1.10. The van der Waals surface area contributed by atoms with Crippen LogP contribution in [0.3, 0.4) is 0 Å². The molecule has 0 fully saturated rings. The van der Waals surface area contributed by atoms with E-state index in [4.69, 9.17) is 11.6 Å². The number of hydrogen-bond acceptors (Lipinski definition) is 4. The molecule has 0 aliphatic carbocycles. The molecule has 0 aliphatic rings. The van der Waals surface area contributed by atoms with Crippen molar-refractivity contribution in [3.8, 4) is 0 Å². The maximum atomic E-state index is 10.6. The van der Waals surface area contributed by atoms with Crippen molar-refractivity contribution in [2.24, 2.45) is 0 Å². The van der Waals surface area contributed by atoms with Crippen LogP contribution in [0, 0.1) is 0 Å². The van der Waals surface area contributed by atoms with Crippen molar-refractivity contribution in [2.45, 2.75) is 0 Å². The molecule has 0 aliphatic heterocycles. The fraction of sp³-hybridized carbons (Fsp3) is 0.200. The van der Waals surface area contributed by atoms with Gasteiger partial charge in [0.05, 0.1) is 23.8 Å². The summed E-state index contributed by atoms with van der Waals surface area (Å²) in [5.41, 5.74) is 0.593. The van der Waals surface area contributed by atoms with Crippen molar-refractivity contribution in [2.75, 3.05) is 11.0 Å². The molecule has 11 heavy (non-hydrogen) atoms. The van der Waals surface area contributed by atoms with Crippen molar-refractivity contribution in [3.63, 3.8) is 0 Å². The molecule has 1 rings (SSSR count). The van der Waals surface area contributed by atoms with Crippen LogP contribution < -0.4 is 4.72 Å². The van der Waals surface area contributed by atoms with Crippen molar-refractivity contribution in [1.29, 1.82) is 0 Å². The summed E-state index contributed by atoms with van der Waals surface area (Å²) in [5, 5.41) is 0.178. The highest BCUT2D eigenvalue weighted by molar-refractivity contribution is 7.92. The number of nitrogens with one attached hydrogen (secondary N) is 1. The molecule has 6 heteroatoms. The van der Waals surface area contributed by atoms with Gasteiger partial charge in [0.15, 0.2) is 0 Å². The van der Waals surface area contributed by atoms with Gasteiger partial charge in [0.25, 0.3) is 0 Å². The second-order valence-electron chi connectivity index (χ2n) is 1.80. The molecule has 1 aromatic rings. The first kappa shape index (κ1) is 8.58. The molecule has 0 saturated carbocycles. The molecule has 0 bridgehead atoms. The molecule has 1 atom stereocenters. The summed E-state index contributed by atoms with van der Waals surface area (Å²) in [7, 11) is 0. The van der Waals surface area contributed by atoms with E-state index in [1.807, 2.05) is 0 Å². The summed E-state index contributed by atoms with van der Waals surface area (Å²) in [5.74, 6) is 0. The smallest absolute Gasteiger partial charge is 0.222 e. The van der Waals surface area contributed by atoms with Crippen LogP contribution in [0.2, 0.25) is 5.28 Å². The molecule has 1 N–H and O–H groups in total. The SMILES string of the molecule is C[S+]([O-])Nc1cnc(Cl)nc1. The van der Waals surface area contributed by atoms with Crippen LogP contribution in [-0.4, -0.2) is 20.8 Å². The van der Waals surface area contributed by atoms with Gasteiger partial charge in [-0.05, 0) is 11.6 Å². The second-order valence-corrected chi connectivity index (χ2v) is 3.25. The third-order valence-corrected chi connectivity index (χ3v) is 1.60. The molecule has 0 radical (unpaired) electrons. The third kappa shape index (κ3) is 2.92. The number of hydrogen-bond donors (Lipinski definition) is 1. The van der Waals surface area contributed by atoms with Gasteiger partial charge in [-0.3, -0.25) is 0 Å². The van der Waals surface area contributed by atoms with E-state index in [0.29, 0.717) is 5.69 Å². The lowest BCUT2D eigenvalue weighted by Gasteiger charge is -2.04. The molecule has 4 nitrogen and oxygen atoms in total. The van der Waals surface area contributed by atoms with Crippen LogP contribution in [0.25, 0.3) is 0 Å². The van der Waals surface area contributed by atoms with E-state index >= 15 is 0 Å². The van der Waals surface area contributed by atoms with Gasteiger partial charge in [0.1, 0.15) is 11.9 Å². The van der Waals surface area contributed by atoms with Gasteiger partial charge in [0.2, 0.25) is 5.28 Å². The van der Waals surface area contributed by atoms with Crippen molar-refractivity contribution < 1.29 is 4.55 Å². The topological polar surface area (TPSA) is 60.9 Å². The first-order chi connectivity index (χ1) is 5.18. The van der Waals surface area contributed by atoms with Crippen LogP contribution in [0.15, 0.2) is 12.4 Å². The zero-order valence-corrected chi connectivity index (χ0v) is 7.32. The summed E-state index contributed by atoms with van der Waals surface area (Å²) in [6.07, 6.45) is 4.46. The largest absolute Gasteiger partial charge is 0.593 e. The Morgan fingerprint density at radius 1 is 1.55 bits per heavy atom. The van der Waals surface area contributed by atoms with Crippen molar-refractivity contribution >= 4 is 28.7 Å². The van der Waals surface area contributed by atoms with Crippen LogP contribution in [0.4, 0.5) is 5.69 Å². The summed E-state index contributed by atoms with van der Waals surface area (Å²) < 4.78 is 13.2. The predicted octanol–water partition coefficient (Wildman–Crippen LogP) is 0.835. The number of nitrogens with zero attached hydrogens (tertiary/aromatic N) is 2. The number of halogens is 1. The Bertz CT molecular complexity index is 228. The molecule has 1 heterocycles. The first-order valence-corrected chi connectivity index (χ1v) is 4.70. The Morgan fingerprint density at radius 2 is 2.09 bits per heavy atom. The van der Waals surface area contributed by atoms with Crippen LogP contribution in [0.5, 0.6) is 0 Å². The van der Waals surface area contributed by atoms with Gasteiger partial charge in [-0.25, -0.2) is 14.7 Å². The lowest BCUT2D eigenvalue weighted by molar-refractivity contribution is 0.605. The molecule has 0 amide bonds. The van der Waals surface area contributed by atoms with Crippen LogP contribution in [0.1, 0.15) is 0 Å². The second kappa shape index (κ2) is 3.75. The Balaban J connectivity index is 2.66. The van der Waals surface area contributed by atoms with Gasteiger partial charge < -0.3 is 4.55 Å². The minimum Gasteiger partial charge on any atom is -0.593 e. The highest BCUT2D eigenvalue weighted by Crippen LogP contribution is 2.06. The monoisotopic (exact) mass is 191 g/mol. The summed E-state index contributed by atoms with van der Waals surface area (Å²) in [4.78, 5) is 7.38. The molecule has 60 valence electrons. The van der Waals surface area contributed by atoms with E-state index < -0.39 is 11.4 Å². The fourth-order valence-electron chi connectivity index (χ4n) is 0.531. The van der Waals surface area contributed by atoms with E-state index in [9.17, 15) is 4.55 Å². The van der Waals surface area contributed by atoms with Crippen LogP contribution in [-0.2, 0) is 11.4 Å². The quantitative estimate of drug-likeness (QED) is 0.556. The Hall–Kier alpha value is -0.520. The molecule has 1 unspecified atom stereocenters. The maximum absolute atomic E-state index is 10.6. The summed E-state index contributed by atoms with van der Waals surface area (Å²) >= 11 is 4.33. The van der Waals surface area contributed by atoms with E-state index in [0.717, 1.165) is 0 Å². The van der Waals surface area contributed by atoms with Gasteiger partial charge in [-0.1, -0.05) is 0 Å². The zero-order chi connectivity index (χ0) is 8.27. The molecule has 0 saturated heterocycles.